The summed E-state index contributed by atoms with van der Waals surface area (Å²) in [5.74, 6) is 0.643. The first-order chi connectivity index (χ1) is 8.38. The van der Waals surface area contributed by atoms with E-state index in [2.05, 4.69) is 42.0 Å². The number of nitro groups is 1. The predicted octanol–water partition coefficient (Wildman–Crippen LogP) is 3.88. The first kappa shape index (κ1) is 15.1. The van der Waals surface area contributed by atoms with Crippen molar-refractivity contribution in [1.82, 2.24) is 5.32 Å². The lowest BCUT2D eigenvalue weighted by atomic mass is 10.0. The molecule has 0 aliphatic heterocycles. The summed E-state index contributed by atoms with van der Waals surface area (Å²) >= 11 is 3.30. The maximum Gasteiger partial charge on any atom is 0.270 e. The average Bonchev–Trinajstić information content (AvgIpc) is 2.24. The van der Waals surface area contributed by atoms with Gasteiger partial charge in [0.25, 0.3) is 5.69 Å². The van der Waals surface area contributed by atoms with Crippen LogP contribution in [-0.4, -0.2) is 11.0 Å². The summed E-state index contributed by atoms with van der Waals surface area (Å²) in [6, 6.07) is 5.44. The van der Waals surface area contributed by atoms with E-state index in [4.69, 9.17) is 0 Å². The quantitative estimate of drug-likeness (QED) is 0.640. The van der Waals surface area contributed by atoms with Gasteiger partial charge in [0.05, 0.1) is 4.92 Å². The summed E-state index contributed by atoms with van der Waals surface area (Å²) < 4.78 is 0.741. The third-order valence-corrected chi connectivity index (χ3v) is 3.09. The van der Waals surface area contributed by atoms with E-state index in [-0.39, 0.29) is 10.6 Å². The van der Waals surface area contributed by atoms with Crippen molar-refractivity contribution in [2.45, 2.75) is 39.8 Å². The molecular weight excluding hydrogens is 296 g/mol. The van der Waals surface area contributed by atoms with Crippen LogP contribution in [0.3, 0.4) is 0 Å². The molecule has 0 spiro atoms. The monoisotopic (exact) mass is 314 g/mol. The molecule has 1 aromatic carbocycles. The van der Waals surface area contributed by atoms with Crippen molar-refractivity contribution in [3.8, 4) is 0 Å². The molecule has 4 nitrogen and oxygen atoms in total. The predicted molar refractivity (Wildman–Crippen MR) is 76.6 cm³/mol. The van der Waals surface area contributed by atoms with E-state index in [1.54, 1.807) is 6.07 Å². The van der Waals surface area contributed by atoms with Gasteiger partial charge in [-0.2, -0.15) is 0 Å². The Labute approximate surface area is 116 Å². The van der Waals surface area contributed by atoms with Crippen LogP contribution in [0.25, 0.3) is 0 Å². The second kappa shape index (κ2) is 6.85. The van der Waals surface area contributed by atoms with E-state index < -0.39 is 0 Å². The van der Waals surface area contributed by atoms with Crippen molar-refractivity contribution >= 4 is 21.6 Å². The Bertz CT molecular complexity index is 421. The van der Waals surface area contributed by atoms with Crippen molar-refractivity contribution in [2.75, 3.05) is 0 Å². The van der Waals surface area contributed by atoms with Crippen LogP contribution in [0.15, 0.2) is 22.7 Å². The summed E-state index contributed by atoms with van der Waals surface area (Å²) in [5, 5.41) is 14.1. The Hall–Kier alpha value is -0.940. The Morgan fingerprint density at radius 1 is 1.33 bits per heavy atom. The van der Waals surface area contributed by atoms with Gasteiger partial charge in [0.2, 0.25) is 0 Å². The summed E-state index contributed by atoms with van der Waals surface area (Å²) in [4.78, 5) is 10.4. The normalized spacial score (nSPS) is 12.7. The number of nitrogens with zero attached hydrogens (tertiary/aromatic N) is 1. The zero-order valence-electron chi connectivity index (χ0n) is 10.9. The number of non-ortho nitro benzene ring substituents is 1. The van der Waals surface area contributed by atoms with Crippen LogP contribution < -0.4 is 5.32 Å². The zero-order valence-corrected chi connectivity index (χ0v) is 12.5. The third-order valence-electron chi connectivity index (χ3n) is 2.63. The maximum atomic E-state index is 10.8. The second-order valence-corrected chi connectivity index (χ2v) is 5.90. The molecule has 0 fully saturated rings. The molecule has 0 aromatic heterocycles. The van der Waals surface area contributed by atoms with Crippen LogP contribution in [0.4, 0.5) is 5.69 Å². The summed E-state index contributed by atoms with van der Waals surface area (Å²) in [6.45, 7) is 7.14. The lowest BCUT2D eigenvalue weighted by molar-refractivity contribution is -0.385. The standard InChI is InChI=1S/C13H19BrN2O2/c1-9(2)4-10(3)15-8-11-5-12(14)7-13(6-11)16(17)18/h5-7,9-10,15H,4,8H2,1-3H3. The lowest BCUT2D eigenvalue weighted by Crippen LogP contribution is -2.26. The van der Waals surface area contributed by atoms with Gasteiger partial charge in [0, 0.05) is 29.2 Å². The molecule has 0 heterocycles. The number of halogens is 1. The zero-order chi connectivity index (χ0) is 13.7. The minimum atomic E-state index is -0.369. The smallest absolute Gasteiger partial charge is 0.270 e. The summed E-state index contributed by atoms with van der Waals surface area (Å²) in [7, 11) is 0. The SMILES string of the molecule is CC(C)CC(C)NCc1cc(Br)cc([N+](=O)[O-])c1. The van der Waals surface area contributed by atoms with Crippen molar-refractivity contribution in [3.63, 3.8) is 0 Å². The second-order valence-electron chi connectivity index (χ2n) is 4.99. The molecule has 1 atom stereocenters. The van der Waals surface area contributed by atoms with Gasteiger partial charge in [-0.3, -0.25) is 10.1 Å². The minimum absolute atomic E-state index is 0.123. The largest absolute Gasteiger partial charge is 0.310 e. The van der Waals surface area contributed by atoms with Crippen LogP contribution in [0.2, 0.25) is 0 Å². The van der Waals surface area contributed by atoms with E-state index in [0.29, 0.717) is 18.5 Å². The van der Waals surface area contributed by atoms with E-state index in [1.165, 1.54) is 6.07 Å². The summed E-state index contributed by atoms with van der Waals surface area (Å²) in [5.41, 5.74) is 1.05. The highest BCUT2D eigenvalue weighted by molar-refractivity contribution is 9.10. The van der Waals surface area contributed by atoms with Crippen molar-refractivity contribution in [1.29, 1.82) is 0 Å². The van der Waals surface area contributed by atoms with Gasteiger partial charge in [-0.25, -0.2) is 0 Å². The van der Waals surface area contributed by atoms with Gasteiger partial charge in [0.1, 0.15) is 0 Å². The van der Waals surface area contributed by atoms with Gasteiger partial charge in [0.15, 0.2) is 0 Å². The number of hydrogen-bond acceptors (Lipinski definition) is 3. The topological polar surface area (TPSA) is 55.2 Å². The Morgan fingerprint density at radius 3 is 2.56 bits per heavy atom. The van der Waals surface area contributed by atoms with Gasteiger partial charge in [-0.15, -0.1) is 0 Å². The molecule has 1 N–H and O–H groups in total. The third kappa shape index (κ3) is 5.14. The lowest BCUT2D eigenvalue weighted by Gasteiger charge is -2.15. The number of nitro benzene ring substituents is 1. The molecule has 1 unspecified atom stereocenters. The fourth-order valence-corrected chi connectivity index (χ4v) is 2.45. The molecule has 0 saturated carbocycles. The first-order valence-corrected chi connectivity index (χ1v) is 6.85. The number of rotatable bonds is 6. The Kier molecular flexibility index (Phi) is 5.75. The summed E-state index contributed by atoms with van der Waals surface area (Å²) in [6.07, 6.45) is 1.09. The fraction of sp³-hybridized carbons (Fsp3) is 0.538. The van der Waals surface area contributed by atoms with Gasteiger partial charge in [-0.05, 0) is 30.9 Å². The molecule has 0 saturated heterocycles. The van der Waals surface area contributed by atoms with E-state index in [0.717, 1.165) is 16.5 Å². The molecule has 100 valence electrons. The van der Waals surface area contributed by atoms with Gasteiger partial charge >= 0.3 is 0 Å². The fourth-order valence-electron chi connectivity index (χ4n) is 1.92. The molecule has 1 aromatic rings. The molecule has 0 amide bonds. The van der Waals surface area contributed by atoms with Crippen LogP contribution in [-0.2, 0) is 6.54 Å². The molecule has 0 aliphatic carbocycles. The highest BCUT2D eigenvalue weighted by Crippen LogP contribution is 2.21. The number of nitrogens with one attached hydrogen (secondary N) is 1. The number of benzene rings is 1. The molecule has 5 heteroatoms. The van der Waals surface area contributed by atoms with Crippen molar-refractivity contribution in [2.24, 2.45) is 5.92 Å². The van der Waals surface area contributed by atoms with Gasteiger partial charge < -0.3 is 5.32 Å². The van der Waals surface area contributed by atoms with Crippen LogP contribution in [0, 0.1) is 16.0 Å². The van der Waals surface area contributed by atoms with Crippen molar-refractivity contribution < 1.29 is 4.92 Å². The molecule has 0 aliphatic rings. The average molecular weight is 315 g/mol. The van der Waals surface area contributed by atoms with Crippen LogP contribution >= 0.6 is 15.9 Å². The molecule has 0 bridgehead atoms. The van der Waals surface area contributed by atoms with Crippen molar-refractivity contribution in [3.05, 3.63) is 38.3 Å². The Morgan fingerprint density at radius 2 is 2.00 bits per heavy atom. The molecular formula is C13H19BrN2O2. The van der Waals surface area contributed by atoms with E-state index in [9.17, 15) is 10.1 Å². The van der Waals surface area contributed by atoms with Gasteiger partial charge in [-0.1, -0.05) is 29.8 Å². The number of hydrogen-bond donors (Lipinski definition) is 1. The maximum absolute atomic E-state index is 10.8. The first-order valence-electron chi connectivity index (χ1n) is 6.05. The Balaban J connectivity index is 2.64. The molecule has 18 heavy (non-hydrogen) atoms. The van der Waals surface area contributed by atoms with E-state index >= 15 is 0 Å². The van der Waals surface area contributed by atoms with E-state index in [1.807, 2.05) is 6.07 Å². The molecule has 0 radical (unpaired) electrons. The minimum Gasteiger partial charge on any atom is -0.310 e. The highest BCUT2D eigenvalue weighted by Gasteiger charge is 2.10. The molecule has 1 rings (SSSR count). The highest BCUT2D eigenvalue weighted by atomic mass is 79.9. The van der Waals surface area contributed by atoms with Crippen LogP contribution in [0.5, 0.6) is 0 Å². The van der Waals surface area contributed by atoms with Crippen LogP contribution in [0.1, 0.15) is 32.8 Å².